The van der Waals surface area contributed by atoms with Gasteiger partial charge in [0, 0.05) is 11.4 Å². The van der Waals surface area contributed by atoms with Gasteiger partial charge in [0.05, 0.1) is 17.1 Å². The second-order valence-corrected chi connectivity index (χ2v) is 6.72. The van der Waals surface area contributed by atoms with Crippen LogP contribution in [0.25, 0.3) is 0 Å². The minimum absolute atomic E-state index is 0.494. The van der Waals surface area contributed by atoms with Crippen molar-refractivity contribution in [2.45, 2.75) is 51.6 Å². The first-order valence-corrected chi connectivity index (χ1v) is 7.68. The van der Waals surface area contributed by atoms with Gasteiger partial charge < -0.3 is 5.11 Å². The molecule has 3 heteroatoms. The Labute approximate surface area is 126 Å². The Morgan fingerprint density at radius 1 is 1.45 bits per heavy atom. The Morgan fingerprint density at radius 3 is 2.60 bits per heavy atom. The maximum Gasteiger partial charge on any atom is 0.0863 e. The summed E-state index contributed by atoms with van der Waals surface area (Å²) in [6, 6.07) is 9.94. The molecule has 0 spiro atoms. The fourth-order valence-electron chi connectivity index (χ4n) is 3.38. The quantitative estimate of drug-likeness (QED) is 0.896. The van der Waals surface area contributed by atoms with E-state index in [1.165, 1.54) is 0 Å². The maximum atomic E-state index is 10.9. The van der Waals surface area contributed by atoms with Gasteiger partial charge in [-0.15, -0.1) is 0 Å². The summed E-state index contributed by atoms with van der Waals surface area (Å²) in [5.74, 6) is 0.561. The summed E-state index contributed by atoms with van der Waals surface area (Å²) in [7, 11) is 0. The molecule has 0 bridgehead atoms. The van der Waals surface area contributed by atoms with E-state index in [-0.39, 0.29) is 0 Å². The predicted octanol–water partition coefficient (Wildman–Crippen LogP) is 4.35. The Morgan fingerprint density at radius 2 is 2.10 bits per heavy atom. The number of aliphatic hydroxyl groups is 1. The van der Waals surface area contributed by atoms with Crippen molar-refractivity contribution in [1.82, 2.24) is 0 Å². The van der Waals surface area contributed by atoms with Crippen molar-refractivity contribution in [3.63, 3.8) is 0 Å². The number of rotatable bonds is 4. The highest BCUT2D eigenvalue weighted by molar-refractivity contribution is 6.30. The summed E-state index contributed by atoms with van der Waals surface area (Å²) in [6.07, 6.45) is 4.22. The minimum Gasteiger partial charge on any atom is -0.388 e. The minimum atomic E-state index is -1.00. The molecule has 1 saturated carbocycles. The van der Waals surface area contributed by atoms with E-state index in [0.717, 1.165) is 31.2 Å². The van der Waals surface area contributed by atoms with Crippen LogP contribution in [0.3, 0.4) is 0 Å². The van der Waals surface area contributed by atoms with E-state index in [0.29, 0.717) is 17.4 Å². The molecule has 3 atom stereocenters. The van der Waals surface area contributed by atoms with Crippen molar-refractivity contribution >= 4 is 11.6 Å². The lowest BCUT2D eigenvalue weighted by atomic mass is 9.69. The largest absolute Gasteiger partial charge is 0.388 e. The first-order valence-electron chi connectivity index (χ1n) is 7.30. The Bertz CT molecular complexity index is 503. The molecule has 1 N–H and O–H groups in total. The van der Waals surface area contributed by atoms with Crippen LogP contribution in [0.5, 0.6) is 0 Å². The lowest BCUT2D eigenvalue weighted by molar-refractivity contribution is -0.0378. The van der Waals surface area contributed by atoms with Gasteiger partial charge in [0.1, 0.15) is 0 Å². The molecule has 1 aliphatic carbocycles. The molecule has 1 aromatic carbocycles. The fourth-order valence-corrected chi connectivity index (χ4v) is 3.50. The molecule has 0 aromatic heterocycles. The number of hydrogen-bond acceptors (Lipinski definition) is 2. The second-order valence-electron chi connectivity index (χ2n) is 6.29. The van der Waals surface area contributed by atoms with E-state index in [1.807, 2.05) is 31.2 Å². The van der Waals surface area contributed by atoms with E-state index >= 15 is 0 Å². The zero-order valence-corrected chi connectivity index (χ0v) is 13.0. The fraction of sp³-hybridized carbons (Fsp3) is 0.588. The van der Waals surface area contributed by atoms with E-state index in [1.54, 1.807) is 0 Å². The van der Waals surface area contributed by atoms with Crippen LogP contribution in [-0.2, 0) is 6.42 Å². The van der Waals surface area contributed by atoms with Crippen LogP contribution in [0.1, 0.15) is 45.1 Å². The van der Waals surface area contributed by atoms with Crippen LogP contribution < -0.4 is 0 Å². The van der Waals surface area contributed by atoms with Gasteiger partial charge in [0.15, 0.2) is 0 Å². The lowest BCUT2D eigenvalue weighted by Gasteiger charge is -2.38. The van der Waals surface area contributed by atoms with Gasteiger partial charge in [0.25, 0.3) is 0 Å². The van der Waals surface area contributed by atoms with Crippen LogP contribution in [0.4, 0.5) is 0 Å². The molecule has 1 aromatic rings. The lowest BCUT2D eigenvalue weighted by Crippen LogP contribution is -2.45. The topological polar surface area (TPSA) is 44.0 Å². The number of halogens is 1. The molecule has 108 valence electrons. The van der Waals surface area contributed by atoms with Crippen molar-refractivity contribution in [2.75, 3.05) is 0 Å². The summed E-state index contributed by atoms with van der Waals surface area (Å²) < 4.78 is 0. The van der Waals surface area contributed by atoms with Gasteiger partial charge in [-0.1, -0.05) is 37.1 Å². The highest BCUT2D eigenvalue weighted by Crippen LogP contribution is 2.50. The van der Waals surface area contributed by atoms with Crippen LogP contribution >= 0.6 is 11.6 Å². The van der Waals surface area contributed by atoms with Crippen molar-refractivity contribution in [2.24, 2.45) is 11.3 Å². The number of nitriles is 1. The van der Waals surface area contributed by atoms with Gasteiger partial charge >= 0.3 is 0 Å². The first-order chi connectivity index (χ1) is 9.42. The molecule has 2 rings (SSSR count). The third kappa shape index (κ3) is 2.85. The van der Waals surface area contributed by atoms with Gasteiger partial charge in [0.2, 0.25) is 0 Å². The molecule has 3 unspecified atom stereocenters. The summed E-state index contributed by atoms with van der Waals surface area (Å²) in [6.45, 7) is 3.97. The van der Waals surface area contributed by atoms with Crippen molar-refractivity contribution in [3.05, 3.63) is 34.9 Å². The standard InChI is InChI=1S/C17H22ClNO/c1-3-13-8-9-17(11-13,12-19)16(2,20)10-14-4-6-15(18)7-5-14/h4-7,13,20H,3,8-11H2,1-2H3. The van der Waals surface area contributed by atoms with E-state index < -0.39 is 11.0 Å². The number of benzene rings is 1. The third-order valence-electron chi connectivity index (χ3n) is 4.90. The monoisotopic (exact) mass is 291 g/mol. The number of hydrogen-bond donors (Lipinski definition) is 1. The molecule has 1 aliphatic rings. The van der Waals surface area contributed by atoms with Gasteiger partial charge in [-0.3, -0.25) is 0 Å². The van der Waals surface area contributed by atoms with Crippen LogP contribution in [0.2, 0.25) is 5.02 Å². The van der Waals surface area contributed by atoms with E-state index in [4.69, 9.17) is 11.6 Å². The Kier molecular flexibility index (Phi) is 4.42. The maximum absolute atomic E-state index is 10.9. The van der Waals surface area contributed by atoms with Crippen molar-refractivity contribution in [1.29, 1.82) is 5.26 Å². The molecule has 20 heavy (non-hydrogen) atoms. The predicted molar refractivity (Wildman–Crippen MR) is 81.5 cm³/mol. The zero-order valence-electron chi connectivity index (χ0n) is 12.2. The zero-order chi connectivity index (χ0) is 14.8. The highest BCUT2D eigenvalue weighted by atomic mass is 35.5. The Hall–Kier alpha value is -1.04. The van der Waals surface area contributed by atoms with Crippen LogP contribution in [0, 0.1) is 22.7 Å². The third-order valence-corrected chi connectivity index (χ3v) is 5.15. The van der Waals surface area contributed by atoms with Crippen molar-refractivity contribution in [3.8, 4) is 6.07 Å². The summed E-state index contributed by atoms with van der Waals surface area (Å²) in [4.78, 5) is 0. The van der Waals surface area contributed by atoms with Crippen LogP contribution in [-0.4, -0.2) is 10.7 Å². The normalized spacial score (nSPS) is 28.9. The molecular formula is C17H22ClNO. The molecular weight excluding hydrogens is 270 g/mol. The highest BCUT2D eigenvalue weighted by Gasteiger charge is 2.51. The molecule has 0 aliphatic heterocycles. The van der Waals surface area contributed by atoms with E-state index in [9.17, 15) is 10.4 Å². The van der Waals surface area contributed by atoms with Crippen LogP contribution in [0.15, 0.2) is 24.3 Å². The molecule has 0 heterocycles. The summed E-state index contributed by atoms with van der Waals surface area (Å²) in [5.41, 5.74) is -0.596. The molecule has 2 nitrogen and oxygen atoms in total. The first kappa shape index (κ1) is 15.4. The van der Waals surface area contributed by atoms with Gasteiger partial charge in [-0.05, 0) is 49.8 Å². The van der Waals surface area contributed by atoms with Crippen molar-refractivity contribution < 1.29 is 5.11 Å². The second kappa shape index (κ2) is 5.76. The van der Waals surface area contributed by atoms with Gasteiger partial charge in [-0.25, -0.2) is 0 Å². The average molecular weight is 292 g/mol. The molecule has 0 amide bonds. The van der Waals surface area contributed by atoms with Gasteiger partial charge in [-0.2, -0.15) is 5.26 Å². The summed E-state index contributed by atoms with van der Waals surface area (Å²) in [5, 5.41) is 21.3. The molecule has 0 saturated heterocycles. The summed E-state index contributed by atoms with van der Waals surface area (Å²) >= 11 is 5.89. The smallest absolute Gasteiger partial charge is 0.0863 e. The Balaban J connectivity index is 2.20. The SMILES string of the molecule is CCC1CCC(C#N)(C(C)(O)Cc2ccc(Cl)cc2)C1. The molecule has 1 fully saturated rings. The molecule has 0 radical (unpaired) electrons. The van der Waals surface area contributed by atoms with E-state index in [2.05, 4.69) is 13.0 Å². The number of nitrogens with zero attached hydrogens (tertiary/aromatic N) is 1. The average Bonchev–Trinajstić information content (AvgIpc) is 2.87.